The Balaban J connectivity index is 2.63. The van der Waals surface area contributed by atoms with Crippen LogP contribution in [0.25, 0.3) is 10.8 Å². The number of hydrogen-bond acceptors (Lipinski definition) is 2. The van der Waals surface area contributed by atoms with Gasteiger partial charge in [-0.1, -0.05) is 25.1 Å². The van der Waals surface area contributed by atoms with Gasteiger partial charge < -0.3 is 4.90 Å². The molecule has 0 aliphatic rings. The van der Waals surface area contributed by atoms with E-state index in [4.69, 9.17) is 0 Å². The number of aliphatic imine (C=N–C) groups is 1. The van der Waals surface area contributed by atoms with Crippen LogP contribution < -0.4 is 0 Å². The molecule has 0 atom stereocenters. The zero-order valence-corrected chi connectivity index (χ0v) is 12.3. The summed E-state index contributed by atoms with van der Waals surface area (Å²) in [6.07, 6.45) is 3.00. The van der Waals surface area contributed by atoms with Gasteiger partial charge >= 0.3 is 0 Å². The quantitative estimate of drug-likeness (QED) is 0.762. The molecule has 19 heavy (non-hydrogen) atoms. The van der Waals surface area contributed by atoms with Crippen LogP contribution in [-0.2, 0) is 13.0 Å². The van der Waals surface area contributed by atoms with Crippen LogP contribution in [0.1, 0.15) is 23.6 Å². The highest BCUT2D eigenvalue weighted by molar-refractivity contribution is 5.93. The van der Waals surface area contributed by atoms with Crippen molar-refractivity contribution in [3.8, 4) is 0 Å². The second-order valence-corrected chi connectivity index (χ2v) is 5.21. The Bertz CT molecular complexity index is 597. The number of hydrogen-bond donors (Lipinski definition) is 0. The van der Waals surface area contributed by atoms with E-state index in [0.29, 0.717) is 0 Å². The van der Waals surface area contributed by atoms with E-state index in [1.807, 2.05) is 13.3 Å². The van der Waals surface area contributed by atoms with Gasteiger partial charge in [-0.3, -0.25) is 4.99 Å². The Labute approximate surface area is 115 Å². The minimum Gasteiger partial charge on any atom is -0.305 e. The molecular formula is C17H22N2. The van der Waals surface area contributed by atoms with Crippen LogP contribution in [0.15, 0.2) is 35.3 Å². The van der Waals surface area contributed by atoms with E-state index in [9.17, 15) is 0 Å². The second kappa shape index (κ2) is 5.98. The summed E-state index contributed by atoms with van der Waals surface area (Å²) in [4.78, 5) is 6.34. The lowest BCUT2D eigenvalue weighted by Crippen LogP contribution is -2.11. The van der Waals surface area contributed by atoms with Gasteiger partial charge in [-0.25, -0.2) is 0 Å². The van der Waals surface area contributed by atoms with Crippen molar-refractivity contribution in [1.82, 2.24) is 4.90 Å². The maximum absolute atomic E-state index is 4.13. The average molecular weight is 254 g/mol. The molecule has 0 radical (unpaired) electrons. The molecule has 0 N–H and O–H groups in total. The highest BCUT2D eigenvalue weighted by Crippen LogP contribution is 2.23. The summed E-state index contributed by atoms with van der Waals surface area (Å²) in [5.41, 5.74) is 3.94. The monoisotopic (exact) mass is 254 g/mol. The van der Waals surface area contributed by atoms with Gasteiger partial charge in [-0.05, 0) is 60.1 Å². The van der Waals surface area contributed by atoms with Gasteiger partial charge in [0.05, 0.1) is 0 Å². The van der Waals surface area contributed by atoms with Gasteiger partial charge in [0.1, 0.15) is 0 Å². The molecule has 0 saturated carbocycles. The maximum atomic E-state index is 4.13. The van der Waals surface area contributed by atoms with E-state index >= 15 is 0 Å². The summed E-state index contributed by atoms with van der Waals surface area (Å²) in [5.74, 6) is 0. The van der Waals surface area contributed by atoms with Crippen molar-refractivity contribution in [3.05, 3.63) is 47.0 Å². The molecule has 100 valence electrons. The number of aryl methyl sites for hydroxylation is 1. The molecule has 0 heterocycles. The predicted molar refractivity (Wildman–Crippen MR) is 84.2 cm³/mol. The van der Waals surface area contributed by atoms with E-state index in [2.05, 4.69) is 61.2 Å². The Kier molecular flexibility index (Phi) is 4.33. The largest absolute Gasteiger partial charge is 0.305 e. The summed E-state index contributed by atoms with van der Waals surface area (Å²) in [6, 6.07) is 11.2. The number of rotatable bonds is 4. The van der Waals surface area contributed by atoms with Crippen molar-refractivity contribution < 1.29 is 0 Å². The third-order valence-corrected chi connectivity index (χ3v) is 3.30. The Hall–Kier alpha value is -1.67. The third kappa shape index (κ3) is 3.21. The second-order valence-electron chi connectivity index (χ2n) is 5.21. The van der Waals surface area contributed by atoms with Crippen LogP contribution in [-0.4, -0.2) is 32.3 Å². The molecule has 0 amide bonds. The highest BCUT2D eigenvalue weighted by Gasteiger charge is 2.05. The standard InChI is InChI=1S/C17H22N2/c1-5-13-6-7-15-8-14(11-18-2)9-16(12-19(3)4)17(15)10-13/h6-11H,5,12H2,1-4H3. The third-order valence-electron chi connectivity index (χ3n) is 3.30. The fraction of sp³-hybridized carbons (Fsp3) is 0.353. The van der Waals surface area contributed by atoms with Gasteiger partial charge in [0.15, 0.2) is 0 Å². The van der Waals surface area contributed by atoms with Crippen LogP contribution in [0.5, 0.6) is 0 Å². The van der Waals surface area contributed by atoms with E-state index in [1.54, 1.807) is 0 Å². The van der Waals surface area contributed by atoms with E-state index < -0.39 is 0 Å². The lowest BCUT2D eigenvalue weighted by molar-refractivity contribution is 0.404. The zero-order valence-electron chi connectivity index (χ0n) is 12.3. The molecular weight excluding hydrogens is 232 g/mol. The first kappa shape index (κ1) is 13.8. The molecule has 0 fully saturated rings. The fourth-order valence-electron chi connectivity index (χ4n) is 2.42. The summed E-state index contributed by atoms with van der Waals surface area (Å²) in [6.45, 7) is 3.15. The van der Waals surface area contributed by atoms with Crippen LogP contribution in [0, 0.1) is 0 Å². The molecule has 2 nitrogen and oxygen atoms in total. The molecule has 2 aromatic rings. The maximum Gasteiger partial charge on any atom is 0.0281 e. The zero-order chi connectivity index (χ0) is 13.8. The van der Waals surface area contributed by atoms with Crippen molar-refractivity contribution in [3.63, 3.8) is 0 Å². The lowest BCUT2D eigenvalue weighted by atomic mass is 9.98. The first-order chi connectivity index (χ1) is 9.13. The Morgan fingerprint density at radius 3 is 2.58 bits per heavy atom. The molecule has 2 heteroatoms. The van der Waals surface area contributed by atoms with Gasteiger partial charge in [0.2, 0.25) is 0 Å². The van der Waals surface area contributed by atoms with Crippen LogP contribution >= 0.6 is 0 Å². The molecule has 0 spiro atoms. The minimum atomic E-state index is 0.953. The summed E-state index contributed by atoms with van der Waals surface area (Å²) < 4.78 is 0. The van der Waals surface area contributed by atoms with Gasteiger partial charge in [-0.2, -0.15) is 0 Å². The van der Waals surface area contributed by atoms with E-state index in [0.717, 1.165) is 13.0 Å². The van der Waals surface area contributed by atoms with Crippen molar-refractivity contribution in [1.29, 1.82) is 0 Å². The topological polar surface area (TPSA) is 15.6 Å². The van der Waals surface area contributed by atoms with Crippen molar-refractivity contribution in [2.45, 2.75) is 19.9 Å². The fourth-order valence-corrected chi connectivity index (χ4v) is 2.42. The smallest absolute Gasteiger partial charge is 0.0281 e. The molecule has 0 aliphatic carbocycles. The molecule has 2 rings (SSSR count). The average Bonchev–Trinajstić information content (AvgIpc) is 2.38. The highest BCUT2D eigenvalue weighted by atomic mass is 15.0. The Morgan fingerprint density at radius 1 is 1.16 bits per heavy atom. The molecule has 0 aromatic heterocycles. The van der Waals surface area contributed by atoms with Gasteiger partial charge in [-0.15, -0.1) is 0 Å². The summed E-state index contributed by atoms with van der Waals surface area (Å²) in [7, 11) is 6.03. The summed E-state index contributed by atoms with van der Waals surface area (Å²) >= 11 is 0. The lowest BCUT2D eigenvalue weighted by Gasteiger charge is -2.14. The van der Waals surface area contributed by atoms with Crippen LogP contribution in [0.2, 0.25) is 0 Å². The number of nitrogens with zero attached hydrogens (tertiary/aromatic N) is 2. The number of fused-ring (bicyclic) bond motifs is 1. The normalized spacial score (nSPS) is 11.8. The van der Waals surface area contributed by atoms with Crippen molar-refractivity contribution in [2.75, 3.05) is 21.1 Å². The van der Waals surface area contributed by atoms with E-state index in [-0.39, 0.29) is 0 Å². The van der Waals surface area contributed by atoms with Gasteiger partial charge in [0, 0.05) is 19.8 Å². The first-order valence-corrected chi connectivity index (χ1v) is 6.76. The SMILES string of the molecule is CCc1ccc2cc(C=NC)cc(CN(C)C)c2c1. The molecule has 0 bridgehead atoms. The molecule has 0 saturated heterocycles. The van der Waals surface area contributed by atoms with Crippen LogP contribution in [0.3, 0.4) is 0 Å². The van der Waals surface area contributed by atoms with Crippen molar-refractivity contribution >= 4 is 17.0 Å². The van der Waals surface area contributed by atoms with Gasteiger partial charge in [0.25, 0.3) is 0 Å². The first-order valence-electron chi connectivity index (χ1n) is 6.76. The predicted octanol–water partition coefficient (Wildman–Crippen LogP) is 3.51. The van der Waals surface area contributed by atoms with Crippen molar-refractivity contribution in [2.24, 2.45) is 4.99 Å². The summed E-state index contributed by atoms with van der Waals surface area (Å²) in [5, 5.41) is 2.66. The van der Waals surface area contributed by atoms with Crippen LogP contribution in [0.4, 0.5) is 0 Å². The molecule has 0 aliphatic heterocycles. The molecule has 0 unspecified atom stereocenters. The Morgan fingerprint density at radius 2 is 1.95 bits per heavy atom. The van der Waals surface area contributed by atoms with E-state index in [1.165, 1.54) is 27.5 Å². The number of benzene rings is 2. The minimum absolute atomic E-state index is 0.953. The molecule has 2 aromatic carbocycles.